The summed E-state index contributed by atoms with van der Waals surface area (Å²) in [5.41, 5.74) is 0.0799. The zero-order valence-electron chi connectivity index (χ0n) is 18.4. The van der Waals surface area contributed by atoms with Gasteiger partial charge in [-0.1, -0.05) is 17.7 Å². The van der Waals surface area contributed by atoms with Gasteiger partial charge in [-0.2, -0.15) is 0 Å². The number of likely N-dealkylation sites (tertiary alicyclic amines) is 1. The number of ether oxygens (including phenoxy) is 1. The van der Waals surface area contributed by atoms with Crippen LogP contribution in [0.25, 0.3) is 0 Å². The molecule has 0 spiro atoms. The number of hydrogen-bond donors (Lipinski definition) is 1. The molecule has 0 saturated carbocycles. The van der Waals surface area contributed by atoms with Crippen LogP contribution in [0.15, 0.2) is 46.0 Å². The van der Waals surface area contributed by atoms with Crippen molar-refractivity contribution in [1.82, 2.24) is 15.2 Å². The molecule has 4 rings (SSSR count). The number of alkyl halides is 2. The van der Waals surface area contributed by atoms with Crippen LogP contribution in [0, 0.1) is 15.9 Å². The lowest BCUT2D eigenvalue weighted by Crippen LogP contribution is -2.45. The van der Waals surface area contributed by atoms with E-state index in [0.717, 1.165) is 24.1 Å². The number of benzene rings is 1. The van der Waals surface area contributed by atoms with Gasteiger partial charge in [0, 0.05) is 40.8 Å². The lowest BCUT2D eigenvalue weighted by molar-refractivity contribution is -0.406. The topological polar surface area (TPSA) is 127 Å². The summed E-state index contributed by atoms with van der Waals surface area (Å²) < 4.78 is 47.1. The maximum absolute atomic E-state index is 14.2. The highest BCUT2D eigenvalue weighted by Crippen LogP contribution is 2.38. The van der Waals surface area contributed by atoms with E-state index in [1.807, 2.05) is 0 Å². The number of thiazole rings is 1. The average molecular weight is 544 g/mol. The molecule has 0 aliphatic carbocycles. The smallest absolute Gasteiger partial charge is 0.461 e. The minimum atomic E-state index is -3.37. The highest BCUT2D eigenvalue weighted by Gasteiger charge is 2.52. The monoisotopic (exact) mass is 543 g/mol. The molecule has 15 heteroatoms. The molecule has 190 valence electrons. The Bertz CT molecular complexity index is 1290. The van der Waals surface area contributed by atoms with Gasteiger partial charge in [0.05, 0.1) is 19.2 Å². The number of halogens is 4. The van der Waals surface area contributed by atoms with Crippen LogP contribution >= 0.6 is 22.9 Å². The Balaban J connectivity index is 1.84. The number of carbonyl (C=O) groups is 2. The predicted octanol–water partition coefficient (Wildman–Crippen LogP) is 2.97. The largest absolute Gasteiger partial charge is 0.466 e. The van der Waals surface area contributed by atoms with Crippen molar-refractivity contribution in [3.05, 3.63) is 72.6 Å². The van der Waals surface area contributed by atoms with Gasteiger partial charge in [-0.15, -0.1) is 11.3 Å². The van der Waals surface area contributed by atoms with Crippen molar-refractivity contribution in [2.45, 2.75) is 24.4 Å². The second-order valence-electron chi connectivity index (χ2n) is 7.97. The molecule has 2 aliphatic heterocycles. The van der Waals surface area contributed by atoms with E-state index in [-0.39, 0.29) is 27.7 Å². The molecule has 0 unspecified atom stereocenters. The van der Waals surface area contributed by atoms with Crippen LogP contribution in [-0.4, -0.2) is 64.7 Å². The van der Waals surface area contributed by atoms with E-state index in [2.05, 4.69) is 15.3 Å². The van der Waals surface area contributed by atoms with Crippen molar-refractivity contribution in [3.63, 3.8) is 0 Å². The Kier molecular flexibility index (Phi) is 7.11. The number of methoxy groups -OCH3 is 1. The standard InChI is InChI=1S/C21H17ClF3N5O5S/c1-35-20(32)15-13(8-29-9-21(24,25)7-14(29)19(31)30(33)34)27-17(18-26-4-5-36-18)28-16(15)11-3-2-10(23)6-12(11)22/h2-6,14,16H,7-9H2,1H3,(H,27,28)/t14-,16-/m0/s1. The average Bonchev–Trinajstić information content (AvgIpc) is 3.45. The van der Waals surface area contributed by atoms with Crippen molar-refractivity contribution in [1.29, 1.82) is 0 Å². The number of aromatic nitrogens is 1. The third-order valence-electron chi connectivity index (χ3n) is 5.62. The zero-order valence-corrected chi connectivity index (χ0v) is 20.0. The quantitative estimate of drug-likeness (QED) is 0.335. The summed E-state index contributed by atoms with van der Waals surface area (Å²) in [5, 5.41) is 15.9. The molecule has 2 atom stereocenters. The maximum atomic E-state index is 14.2. The summed E-state index contributed by atoms with van der Waals surface area (Å²) in [6.45, 7) is -1.44. The second-order valence-corrected chi connectivity index (χ2v) is 9.27. The maximum Gasteiger partial charge on any atom is 0.461 e. The summed E-state index contributed by atoms with van der Waals surface area (Å²) in [4.78, 5) is 44.4. The van der Waals surface area contributed by atoms with Gasteiger partial charge in [0.2, 0.25) is 0 Å². The number of aliphatic imine (C=N–C) groups is 1. The van der Waals surface area contributed by atoms with E-state index >= 15 is 0 Å². The molecule has 0 radical (unpaired) electrons. The van der Waals surface area contributed by atoms with Crippen LogP contribution in [0.3, 0.4) is 0 Å². The molecule has 10 nitrogen and oxygen atoms in total. The molecular formula is C21H17ClF3N5O5S. The zero-order chi connectivity index (χ0) is 26.2. The van der Waals surface area contributed by atoms with Crippen LogP contribution in [0.5, 0.6) is 0 Å². The lowest BCUT2D eigenvalue weighted by Gasteiger charge is -2.30. The number of carbonyl (C=O) groups excluding carboxylic acids is 2. The second kappa shape index (κ2) is 9.95. The molecule has 1 aromatic carbocycles. The summed E-state index contributed by atoms with van der Waals surface area (Å²) in [6.07, 6.45) is 0.449. The molecule has 1 saturated heterocycles. The van der Waals surface area contributed by atoms with Gasteiger partial charge in [-0.05, 0) is 12.1 Å². The van der Waals surface area contributed by atoms with Gasteiger partial charge in [0.25, 0.3) is 5.92 Å². The molecule has 36 heavy (non-hydrogen) atoms. The summed E-state index contributed by atoms with van der Waals surface area (Å²) in [5.74, 6) is -6.33. The Morgan fingerprint density at radius 1 is 1.42 bits per heavy atom. The fourth-order valence-corrected chi connectivity index (χ4v) is 4.94. The highest BCUT2D eigenvalue weighted by molar-refractivity contribution is 7.11. The number of nitrogens with one attached hydrogen (secondary N) is 1. The van der Waals surface area contributed by atoms with E-state index in [1.54, 1.807) is 5.38 Å². The molecule has 2 aliphatic rings. The number of nitrogens with zero attached hydrogens (tertiary/aromatic N) is 4. The molecule has 1 amide bonds. The van der Waals surface area contributed by atoms with Gasteiger partial charge >= 0.3 is 11.9 Å². The molecule has 1 N–H and O–H groups in total. The van der Waals surface area contributed by atoms with E-state index in [1.165, 1.54) is 23.6 Å². The van der Waals surface area contributed by atoms with Crippen LogP contribution < -0.4 is 5.32 Å². The first kappa shape index (κ1) is 25.7. The van der Waals surface area contributed by atoms with Crippen molar-refractivity contribution in [2.24, 2.45) is 4.99 Å². The number of nitro groups is 1. The number of amidine groups is 1. The minimum absolute atomic E-state index is 0.00582. The van der Waals surface area contributed by atoms with Gasteiger partial charge in [-0.25, -0.2) is 27.7 Å². The Morgan fingerprint density at radius 3 is 2.78 bits per heavy atom. The summed E-state index contributed by atoms with van der Waals surface area (Å²) in [7, 11) is 1.10. The number of hydrogen-bond acceptors (Lipinski definition) is 10. The van der Waals surface area contributed by atoms with E-state index in [4.69, 9.17) is 16.3 Å². The Hall–Kier alpha value is -3.36. The fraction of sp³-hybridized carbons (Fsp3) is 0.333. The first-order chi connectivity index (χ1) is 17.0. The van der Waals surface area contributed by atoms with Crippen molar-refractivity contribution in [3.8, 4) is 0 Å². The first-order valence-corrected chi connectivity index (χ1v) is 11.6. The Labute approximate surface area is 210 Å². The van der Waals surface area contributed by atoms with Crippen LogP contribution in [0.1, 0.15) is 23.0 Å². The third-order valence-corrected chi connectivity index (χ3v) is 6.72. The van der Waals surface area contributed by atoms with E-state index < -0.39 is 60.1 Å². The molecule has 0 bridgehead atoms. The SMILES string of the molecule is COC(=O)C1=C(CN2CC(F)(F)C[C@H]2C(=O)[N+](=O)[O-])NC(c2nccs2)=N[C@H]1c1ccc(F)cc1Cl. The summed E-state index contributed by atoms with van der Waals surface area (Å²) in [6, 6.07) is 0.578. The highest BCUT2D eigenvalue weighted by atomic mass is 35.5. The lowest BCUT2D eigenvalue weighted by atomic mass is 9.95. The summed E-state index contributed by atoms with van der Waals surface area (Å²) >= 11 is 7.45. The van der Waals surface area contributed by atoms with E-state index in [0.29, 0.717) is 5.01 Å². The van der Waals surface area contributed by atoms with Gasteiger partial charge in [0.15, 0.2) is 10.8 Å². The van der Waals surface area contributed by atoms with Crippen molar-refractivity contribution < 1.29 is 32.4 Å². The van der Waals surface area contributed by atoms with Crippen LogP contribution in [0.4, 0.5) is 13.2 Å². The van der Waals surface area contributed by atoms with E-state index in [9.17, 15) is 32.9 Å². The number of amides is 1. The van der Waals surface area contributed by atoms with Crippen molar-refractivity contribution >= 4 is 40.6 Å². The number of rotatable bonds is 6. The van der Waals surface area contributed by atoms with Gasteiger partial charge in [0.1, 0.15) is 22.8 Å². The van der Waals surface area contributed by atoms with Gasteiger partial charge in [-0.3, -0.25) is 20.0 Å². The fourth-order valence-electron chi connectivity index (χ4n) is 4.09. The third kappa shape index (κ3) is 5.10. The van der Waals surface area contributed by atoms with Crippen LogP contribution in [-0.2, 0) is 14.3 Å². The molecular weight excluding hydrogens is 527 g/mol. The molecule has 1 aromatic heterocycles. The van der Waals surface area contributed by atoms with Crippen LogP contribution in [0.2, 0.25) is 5.02 Å². The van der Waals surface area contributed by atoms with Crippen molar-refractivity contribution in [2.75, 3.05) is 20.2 Å². The minimum Gasteiger partial charge on any atom is -0.466 e. The molecule has 1 fully saturated rings. The first-order valence-electron chi connectivity index (χ1n) is 10.3. The molecule has 3 heterocycles. The van der Waals surface area contributed by atoms with Gasteiger partial charge < -0.3 is 10.1 Å². The normalized spacial score (nSPS) is 21.6. The Morgan fingerprint density at radius 2 is 2.17 bits per heavy atom. The molecule has 2 aromatic rings. The predicted molar refractivity (Wildman–Crippen MR) is 122 cm³/mol. The number of esters is 1.